The van der Waals surface area contributed by atoms with Crippen molar-refractivity contribution in [2.45, 2.75) is 12.7 Å². The lowest BCUT2D eigenvalue weighted by molar-refractivity contribution is -0.138. The maximum absolute atomic E-state index is 12.9. The first-order valence-electron chi connectivity index (χ1n) is 5.49. The largest absolute Gasteiger partial charge is 0.455 e. The average Bonchev–Trinajstić information content (AvgIpc) is 2.39. The van der Waals surface area contributed by atoms with E-state index in [0.717, 1.165) is 6.07 Å². The summed E-state index contributed by atoms with van der Waals surface area (Å²) in [6, 6.07) is 6.87. The highest BCUT2D eigenvalue weighted by molar-refractivity contribution is 5.41. The van der Waals surface area contributed by atoms with Crippen LogP contribution < -0.4 is 10.5 Å². The average molecular weight is 268 g/mol. The topological polar surface area (TPSA) is 48.1 Å². The van der Waals surface area contributed by atoms with Gasteiger partial charge in [-0.1, -0.05) is 6.07 Å². The third kappa shape index (κ3) is 3.23. The number of ether oxygens (including phenoxy) is 1. The Bertz CT molecular complexity index is 556. The second kappa shape index (κ2) is 5.27. The minimum absolute atomic E-state index is 0.0379. The third-order valence-corrected chi connectivity index (χ3v) is 2.45. The molecule has 6 heteroatoms. The van der Waals surface area contributed by atoms with E-state index < -0.39 is 11.7 Å². The van der Waals surface area contributed by atoms with Crippen molar-refractivity contribution in [3.05, 3.63) is 53.9 Å². The summed E-state index contributed by atoms with van der Waals surface area (Å²) in [5, 5.41) is 0. The van der Waals surface area contributed by atoms with E-state index in [1.54, 1.807) is 6.07 Å². The van der Waals surface area contributed by atoms with E-state index >= 15 is 0 Å². The molecule has 2 rings (SSSR count). The Morgan fingerprint density at radius 1 is 1.21 bits per heavy atom. The molecule has 1 heterocycles. The van der Waals surface area contributed by atoms with Gasteiger partial charge in [-0.05, 0) is 29.8 Å². The highest BCUT2D eigenvalue weighted by atomic mass is 19.4. The number of hydrogen-bond donors (Lipinski definition) is 1. The monoisotopic (exact) mass is 268 g/mol. The zero-order chi connectivity index (χ0) is 13.9. The molecule has 3 nitrogen and oxygen atoms in total. The number of halogens is 3. The molecule has 1 aromatic heterocycles. The maximum Gasteiger partial charge on any atom is 0.419 e. The fraction of sp³-hybridized carbons (Fsp3) is 0.154. The molecule has 0 aliphatic carbocycles. The second-order valence-electron chi connectivity index (χ2n) is 3.82. The van der Waals surface area contributed by atoms with Crippen molar-refractivity contribution in [1.82, 2.24) is 4.98 Å². The highest BCUT2D eigenvalue weighted by Crippen LogP contribution is 2.38. The van der Waals surface area contributed by atoms with Crippen LogP contribution in [0, 0.1) is 0 Å². The Morgan fingerprint density at radius 3 is 2.58 bits per heavy atom. The van der Waals surface area contributed by atoms with Gasteiger partial charge < -0.3 is 10.5 Å². The summed E-state index contributed by atoms with van der Waals surface area (Å²) in [5.41, 5.74) is 4.89. The standard InChI is InChI=1S/C13H11F3N2O/c14-13(15,16)11-6-9(7-17)3-4-12(11)19-10-2-1-5-18-8-10/h1-6,8H,7,17H2. The predicted octanol–water partition coefficient (Wildman–Crippen LogP) is 3.35. The van der Waals surface area contributed by atoms with Gasteiger partial charge in [-0.25, -0.2) is 0 Å². The predicted molar refractivity (Wildman–Crippen MR) is 63.6 cm³/mol. The van der Waals surface area contributed by atoms with Gasteiger partial charge in [0.1, 0.15) is 11.5 Å². The number of hydrogen-bond acceptors (Lipinski definition) is 3. The van der Waals surface area contributed by atoms with Gasteiger partial charge in [-0.2, -0.15) is 13.2 Å². The zero-order valence-electron chi connectivity index (χ0n) is 9.82. The fourth-order valence-corrected chi connectivity index (χ4v) is 1.55. The molecule has 0 saturated carbocycles. The van der Waals surface area contributed by atoms with Crippen molar-refractivity contribution in [1.29, 1.82) is 0 Å². The molecule has 0 bridgehead atoms. The van der Waals surface area contributed by atoms with Crippen molar-refractivity contribution >= 4 is 0 Å². The van der Waals surface area contributed by atoms with E-state index in [0.29, 0.717) is 5.56 Å². The summed E-state index contributed by atoms with van der Waals surface area (Å²) in [5.74, 6) is -0.0220. The molecule has 0 fully saturated rings. The molecule has 2 N–H and O–H groups in total. The van der Waals surface area contributed by atoms with Crippen molar-refractivity contribution in [2.75, 3.05) is 0 Å². The number of aromatic nitrogens is 1. The molecule has 1 aromatic carbocycles. The summed E-state index contributed by atoms with van der Waals surface area (Å²) < 4.78 is 44.0. The van der Waals surface area contributed by atoms with Crippen LogP contribution in [0.3, 0.4) is 0 Å². The molecule has 100 valence electrons. The van der Waals surface area contributed by atoms with E-state index in [9.17, 15) is 13.2 Å². The first-order valence-corrected chi connectivity index (χ1v) is 5.49. The van der Waals surface area contributed by atoms with Crippen LogP contribution in [-0.4, -0.2) is 4.98 Å². The van der Waals surface area contributed by atoms with Gasteiger partial charge in [0.05, 0.1) is 11.8 Å². The van der Waals surface area contributed by atoms with Gasteiger partial charge in [-0.3, -0.25) is 4.98 Å². The molecular formula is C13H11F3N2O. The second-order valence-corrected chi connectivity index (χ2v) is 3.82. The minimum atomic E-state index is -4.50. The van der Waals surface area contributed by atoms with Crippen LogP contribution in [0.2, 0.25) is 0 Å². The first-order chi connectivity index (χ1) is 9.00. The van der Waals surface area contributed by atoms with E-state index in [1.807, 2.05) is 0 Å². The Morgan fingerprint density at radius 2 is 2.00 bits per heavy atom. The van der Waals surface area contributed by atoms with Crippen LogP contribution in [0.5, 0.6) is 11.5 Å². The third-order valence-electron chi connectivity index (χ3n) is 2.45. The molecule has 0 radical (unpaired) electrons. The number of alkyl halides is 3. The van der Waals surface area contributed by atoms with E-state index in [1.165, 1.54) is 30.6 Å². The van der Waals surface area contributed by atoms with Gasteiger partial charge >= 0.3 is 6.18 Å². The lowest BCUT2D eigenvalue weighted by Crippen LogP contribution is -2.09. The number of rotatable bonds is 3. The molecule has 0 spiro atoms. The van der Waals surface area contributed by atoms with Gasteiger partial charge in [0, 0.05) is 12.7 Å². The van der Waals surface area contributed by atoms with Crippen LogP contribution >= 0.6 is 0 Å². The minimum Gasteiger partial charge on any atom is -0.455 e. The number of nitrogens with zero attached hydrogens (tertiary/aromatic N) is 1. The van der Waals surface area contributed by atoms with E-state index in [-0.39, 0.29) is 18.0 Å². The van der Waals surface area contributed by atoms with Crippen LogP contribution in [0.15, 0.2) is 42.7 Å². The molecule has 0 aliphatic rings. The molecule has 0 atom stereocenters. The van der Waals surface area contributed by atoms with Crippen LogP contribution in [0.25, 0.3) is 0 Å². The van der Waals surface area contributed by atoms with E-state index in [2.05, 4.69) is 4.98 Å². The Kier molecular flexibility index (Phi) is 3.71. The summed E-state index contributed by atoms with van der Waals surface area (Å²) in [4.78, 5) is 3.78. The van der Waals surface area contributed by atoms with Crippen molar-refractivity contribution in [3.8, 4) is 11.5 Å². The SMILES string of the molecule is NCc1ccc(Oc2cccnc2)c(C(F)(F)F)c1. The summed E-state index contributed by atoms with van der Waals surface area (Å²) in [6.07, 6.45) is -1.64. The van der Waals surface area contributed by atoms with Crippen molar-refractivity contribution in [2.24, 2.45) is 5.73 Å². The first kappa shape index (κ1) is 13.4. The molecule has 19 heavy (non-hydrogen) atoms. The van der Waals surface area contributed by atoms with Crippen LogP contribution in [0.4, 0.5) is 13.2 Å². The molecule has 0 amide bonds. The van der Waals surface area contributed by atoms with E-state index in [4.69, 9.17) is 10.5 Å². The molecule has 0 aliphatic heterocycles. The Balaban J connectivity index is 2.40. The lowest BCUT2D eigenvalue weighted by Gasteiger charge is -2.14. The number of benzene rings is 1. The highest BCUT2D eigenvalue weighted by Gasteiger charge is 2.34. The Labute approximate surface area is 107 Å². The summed E-state index contributed by atoms with van der Waals surface area (Å²) >= 11 is 0. The maximum atomic E-state index is 12.9. The fourth-order valence-electron chi connectivity index (χ4n) is 1.55. The summed E-state index contributed by atoms with van der Waals surface area (Å²) in [7, 11) is 0. The van der Waals surface area contributed by atoms with Gasteiger partial charge in [0.2, 0.25) is 0 Å². The quantitative estimate of drug-likeness (QED) is 0.928. The Hall–Kier alpha value is -2.08. The number of pyridine rings is 1. The smallest absolute Gasteiger partial charge is 0.419 e. The van der Waals surface area contributed by atoms with Crippen LogP contribution in [0.1, 0.15) is 11.1 Å². The number of nitrogens with two attached hydrogens (primary N) is 1. The van der Waals surface area contributed by atoms with Crippen molar-refractivity contribution < 1.29 is 17.9 Å². The summed E-state index contributed by atoms with van der Waals surface area (Å²) in [6.45, 7) is 0.0379. The van der Waals surface area contributed by atoms with Crippen LogP contribution in [-0.2, 0) is 12.7 Å². The molecule has 2 aromatic rings. The normalized spacial score (nSPS) is 11.4. The van der Waals surface area contributed by atoms with Crippen molar-refractivity contribution in [3.63, 3.8) is 0 Å². The molecule has 0 saturated heterocycles. The van der Waals surface area contributed by atoms with Gasteiger partial charge in [0.15, 0.2) is 0 Å². The van der Waals surface area contributed by atoms with Gasteiger partial charge in [0.25, 0.3) is 0 Å². The molecule has 0 unspecified atom stereocenters. The molecular weight excluding hydrogens is 257 g/mol. The zero-order valence-corrected chi connectivity index (χ0v) is 9.82. The van der Waals surface area contributed by atoms with Gasteiger partial charge in [-0.15, -0.1) is 0 Å². The lowest BCUT2D eigenvalue weighted by atomic mass is 10.1.